The van der Waals surface area contributed by atoms with Crippen LogP contribution in [-0.4, -0.2) is 10.8 Å². The molecular weight excluding hydrogens is 382 g/mol. The van der Waals surface area contributed by atoms with Gasteiger partial charge in [0.1, 0.15) is 17.1 Å². The molecule has 4 nitrogen and oxygen atoms in total. The predicted molar refractivity (Wildman–Crippen MR) is 109 cm³/mol. The van der Waals surface area contributed by atoms with Crippen LogP contribution in [0.1, 0.15) is 28.6 Å². The number of thioether (sulfide) groups is 1. The zero-order chi connectivity index (χ0) is 19.0. The smallest absolute Gasteiger partial charge is 0.348 e. The molecule has 0 fully saturated rings. The van der Waals surface area contributed by atoms with Gasteiger partial charge in [0.25, 0.3) is 0 Å². The van der Waals surface area contributed by atoms with Crippen LogP contribution < -0.4 is 5.63 Å². The van der Waals surface area contributed by atoms with Gasteiger partial charge in [0, 0.05) is 27.7 Å². The molecule has 1 atom stereocenters. The average molecular weight is 398 g/mol. The SMILES string of the molecule is Cc1cc(O)c(C2=Nc3ccccc3SC(c3ccc(Cl)cc3)C2)c(=O)o1. The molecule has 4 rings (SSSR count). The molecule has 3 aromatic rings. The van der Waals surface area contributed by atoms with Crippen molar-refractivity contribution in [1.29, 1.82) is 0 Å². The molecule has 1 aliphatic rings. The Morgan fingerprint density at radius 3 is 2.67 bits per heavy atom. The van der Waals surface area contributed by atoms with E-state index in [9.17, 15) is 9.90 Å². The number of benzene rings is 2. The van der Waals surface area contributed by atoms with E-state index >= 15 is 0 Å². The van der Waals surface area contributed by atoms with Gasteiger partial charge in [-0.05, 0) is 36.8 Å². The van der Waals surface area contributed by atoms with Gasteiger partial charge in [-0.2, -0.15) is 0 Å². The van der Waals surface area contributed by atoms with Crippen LogP contribution in [0.25, 0.3) is 0 Å². The lowest BCUT2D eigenvalue weighted by Gasteiger charge is -2.16. The highest BCUT2D eigenvalue weighted by molar-refractivity contribution is 7.99. The van der Waals surface area contributed by atoms with Crippen molar-refractivity contribution >= 4 is 34.8 Å². The van der Waals surface area contributed by atoms with Crippen LogP contribution in [0.4, 0.5) is 5.69 Å². The van der Waals surface area contributed by atoms with Crippen molar-refractivity contribution in [2.45, 2.75) is 23.5 Å². The molecule has 6 heteroatoms. The first kappa shape index (κ1) is 17.9. The molecule has 2 heterocycles. The van der Waals surface area contributed by atoms with Crippen LogP contribution in [0.3, 0.4) is 0 Å². The first-order valence-corrected chi connectivity index (χ1v) is 9.70. The quantitative estimate of drug-likeness (QED) is 0.605. The molecule has 1 aliphatic heterocycles. The fourth-order valence-corrected chi connectivity index (χ4v) is 4.45. The number of halogens is 1. The lowest BCUT2D eigenvalue weighted by Crippen LogP contribution is -2.16. The minimum Gasteiger partial charge on any atom is -0.507 e. The molecule has 0 radical (unpaired) electrons. The highest BCUT2D eigenvalue weighted by atomic mass is 35.5. The number of rotatable bonds is 2. The molecule has 1 N–H and O–H groups in total. The van der Waals surface area contributed by atoms with Gasteiger partial charge >= 0.3 is 5.63 Å². The molecule has 27 heavy (non-hydrogen) atoms. The lowest BCUT2D eigenvalue weighted by atomic mass is 10.0. The second-order valence-electron chi connectivity index (χ2n) is 6.29. The molecule has 136 valence electrons. The van der Waals surface area contributed by atoms with Gasteiger partial charge < -0.3 is 9.52 Å². The Bertz CT molecular complexity index is 1090. The number of para-hydroxylation sites is 1. The normalized spacial score (nSPS) is 16.4. The third kappa shape index (κ3) is 3.66. The van der Waals surface area contributed by atoms with Crippen molar-refractivity contribution in [3.8, 4) is 5.75 Å². The van der Waals surface area contributed by atoms with Crippen molar-refractivity contribution in [3.63, 3.8) is 0 Å². The van der Waals surface area contributed by atoms with Crippen LogP contribution in [0, 0.1) is 6.92 Å². The Kier molecular flexibility index (Phi) is 4.81. The molecular formula is C21H16ClNO3S. The van der Waals surface area contributed by atoms with Gasteiger partial charge in [-0.3, -0.25) is 4.99 Å². The summed E-state index contributed by atoms with van der Waals surface area (Å²) in [4.78, 5) is 18.2. The number of aryl methyl sites for hydroxylation is 1. The first-order valence-electron chi connectivity index (χ1n) is 8.44. The molecule has 1 aromatic heterocycles. The predicted octanol–water partition coefficient (Wildman–Crippen LogP) is 5.67. The second-order valence-corrected chi connectivity index (χ2v) is 7.97. The number of aliphatic imine (C=N–C) groups is 1. The molecule has 0 spiro atoms. The average Bonchev–Trinajstić information content (AvgIpc) is 2.81. The van der Waals surface area contributed by atoms with Crippen LogP contribution in [0.2, 0.25) is 5.02 Å². The van der Waals surface area contributed by atoms with E-state index in [2.05, 4.69) is 0 Å². The summed E-state index contributed by atoms with van der Waals surface area (Å²) in [7, 11) is 0. The highest BCUT2D eigenvalue weighted by Crippen LogP contribution is 2.45. The van der Waals surface area contributed by atoms with E-state index < -0.39 is 5.63 Å². The summed E-state index contributed by atoms with van der Waals surface area (Å²) in [5.41, 5.74) is 1.90. The van der Waals surface area contributed by atoms with E-state index in [1.54, 1.807) is 18.7 Å². The van der Waals surface area contributed by atoms with E-state index in [1.165, 1.54) is 6.07 Å². The first-order chi connectivity index (χ1) is 13.0. The maximum Gasteiger partial charge on any atom is 0.348 e. The second kappa shape index (κ2) is 7.25. The van der Waals surface area contributed by atoms with Crippen LogP contribution in [0.5, 0.6) is 5.75 Å². The third-order valence-electron chi connectivity index (χ3n) is 4.35. The minimum atomic E-state index is -0.578. The van der Waals surface area contributed by atoms with Gasteiger partial charge in [-0.15, -0.1) is 11.8 Å². The Labute approximate surface area is 165 Å². The van der Waals surface area contributed by atoms with E-state index in [0.717, 1.165) is 16.1 Å². The van der Waals surface area contributed by atoms with E-state index in [4.69, 9.17) is 21.0 Å². The zero-order valence-corrected chi connectivity index (χ0v) is 16.1. The topological polar surface area (TPSA) is 62.8 Å². The van der Waals surface area contributed by atoms with Gasteiger partial charge in [0.05, 0.1) is 11.4 Å². The summed E-state index contributed by atoms with van der Waals surface area (Å²) in [6, 6.07) is 16.9. The summed E-state index contributed by atoms with van der Waals surface area (Å²) in [5, 5.41) is 11.1. The lowest BCUT2D eigenvalue weighted by molar-refractivity contribution is 0.432. The van der Waals surface area contributed by atoms with Crippen molar-refractivity contribution < 1.29 is 9.52 Å². The minimum absolute atomic E-state index is 0.0183. The highest BCUT2D eigenvalue weighted by Gasteiger charge is 2.26. The third-order valence-corrected chi connectivity index (χ3v) is 5.93. The molecule has 0 amide bonds. The monoisotopic (exact) mass is 397 g/mol. The van der Waals surface area contributed by atoms with E-state index in [1.807, 2.05) is 48.5 Å². The fourth-order valence-electron chi connectivity index (χ4n) is 3.09. The van der Waals surface area contributed by atoms with Gasteiger partial charge in [-0.1, -0.05) is 35.9 Å². The molecule has 0 saturated carbocycles. The maximum absolute atomic E-state index is 12.4. The number of hydrogen-bond donors (Lipinski definition) is 1. The summed E-state index contributed by atoms with van der Waals surface area (Å²) in [6.45, 7) is 1.63. The Morgan fingerprint density at radius 2 is 1.93 bits per heavy atom. The summed E-state index contributed by atoms with van der Waals surface area (Å²) in [5.74, 6) is 0.251. The largest absolute Gasteiger partial charge is 0.507 e. The van der Waals surface area contributed by atoms with Gasteiger partial charge in [-0.25, -0.2) is 4.79 Å². The zero-order valence-electron chi connectivity index (χ0n) is 14.5. The molecule has 1 unspecified atom stereocenters. The van der Waals surface area contributed by atoms with Crippen molar-refractivity contribution in [1.82, 2.24) is 0 Å². The Morgan fingerprint density at radius 1 is 1.19 bits per heavy atom. The van der Waals surface area contributed by atoms with Crippen LogP contribution in [0.15, 0.2) is 73.7 Å². The Balaban J connectivity index is 1.86. The number of fused-ring (bicyclic) bond motifs is 1. The van der Waals surface area contributed by atoms with Gasteiger partial charge in [0.2, 0.25) is 0 Å². The summed E-state index contributed by atoms with van der Waals surface area (Å²) < 4.78 is 5.21. The number of hydrogen-bond acceptors (Lipinski definition) is 5. The summed E-state index contributed by atoms with van der Waals surface area (Å²) in [6.07, 6.45) is 0.475. The Hall–Kier alpha value is -2.50. The molecule has 0 bridgehead atoms. The van der Waals surface area contributed by atoms with Crippen molar-refractivity contribution in [2.24, 2.45) is 4.99 Å². The fraction of sp³-hybridized carbons (Fsp3) is 0.143. The summed E-state index contributed by atoms with van der Waals surface area (Å²) >= 11 is 7.71. The van der Waals surface area contributed by atoms with E-state index in [-0.39, 0.29) is 16.6 Å². The molecule has 2 aromatic carbocycles. The number of aromatic hydroxyl groups is 1. The standard InChI is InChI=1S/C21H16ClNO3S/c1-12-10-17(24)20(21(25)26-12)16-11-19(13-6-8-14(22)9-7-13)27-18-5-3-2-4-15(18)23-16/h2-10,19,24H,11H2,1H3. The molecule has 0 saturated heterocycles. The van der Waals surface area contributed by atoms with Crippen molar-refractivity contribution in [2.75, 3.05) is 0 Å². The van der Waals surface area contributed by atoms with E-state index in [0.29, 0.717) is 22.9 Å². The maximum atomic E-state index is 12.4. The molecule has 0 aliphatic carbocycles. The van der Waals surface area contributed by atoms with Crippen LogP contribution >= 0.6 is 23.4 Å². The van der Waals surface area contributed by atoms with Crippen LogP contribution in [-0.2, 0) is 0 Å². The van der Waals surface area contributed by atoms with Gasteiger partial charge in [0.15, 0.2) is 0 Å². The van der Waals surface area contributed by atoms with Crippen molar-refractivity contribution in [3.05, 3.63) is 86.9 Å². The number of nitrogens with zero attached hydrogens (tertiary/aromatic N) is 1.